The maximum Gasteiger partial charge on any atom is 0.0600 e. The Morgan fingerprint density at radius 3 is 2.25 bits per heavy atom. The van der Waals surface area contributed by atoms with E-state index in [9.17, 15) is 5.11 Å². The topological polar surface area (TPSA) is 20.2 Å². The summed E-state index contributed by atoms with van der Waals surface area (Å²) in [5.41, 5.74) is 0.738. The summed E-state index contributed by atoms with van der Waals surface area (Å²) < 4.78 is 0. The van der Waals surface area contributed by atoms with Crippen LogP contribution in [0.1, 0.15) is 53.4 Å². The Bertz CT molecular complexity index is 157. The van der Waals surface area contributed by atoms with Crippen LogP contribution in [0, 0.1) is 10.8 Å². The Morgan fingerprint density at radius 1 is 1.42 bits per heavy atom. The predicted octanol–water partition coefficient (Wildman–Crippen LogP) is 2.97. The van der Waals surface area contributed by atoms with Crippen molar-refractivity contribution in [2.24, 2.45) is 10.8 Å². The lowest BCUT2D eigenvalue weighted by atomic mass is 9.87. The molecule has 2 unspecified atom stereocenters. The first kappa shape index (κ1) is 10.0. The molecule has 1 aliphatic rings. The molecule has 0 saturated heterocycles. The molecule has 1 fully saturated rings. The van der Waals surface area contributed by atoms with Crippen LogP contribution >= 0.6 is 0 Å². The molecule has 0 aliphatic heterocycles. The van der Waals surface area contributed by atoms with Gasteiger partial charge in [0.1, 0.15) is 0 Å². The van der Waals surface area contributed by atoms with Gasteiger partial charge in [0.2, 0.25) is 0 Å². The summed E-state index contributed by atoms with van der Waals surface area (Å²) in [6, 6.07) is 0. The molecule has 0 bridgehead atoms. The first-order valence-corrected chi connectivity index (χ1v) is 5.02. The second-order valence-electron chi connectivity index (χ2n) is 5.79. The molecule has 72 valence electrons. The minimum Gasteiger partial charge on any atom is -0.393 e. The van der Waals surface area contributed by atoms with Crippen LogP contribution in [0.15, 0.2) is 0 Å². The first-order chi connectivity index (χ1) is 5.33. The summed E-state index contributed by atoms with van der Waals surface area (Å²) in [4.78, 5) is 0. The maximum absolute atomic E-state index is 9.32. The molecule has 12 heavy (non-hydrogen) atoms. The molecule has 1 aliphatic carbocycles. The van der Waals surface area contributed by atoms with E-state index in [1.54, 1.807) is 0 Å². The van der Waals surface area contributed by atoms with Crippen LogP contribution in [0.4, 0.5) is 0 Å². The van der Waals surface area contributed by atoms with Crippen molar-refractivity contribution in [3.63, 3.8) is 0 Å². The van der Waals surface area contributed by atoms with E-state index in [2.05, 4.69) is 27.7 Å². The van der Waals surface area contributed by atoms with Crippen LogP contribution in [-0.2, 0) is 0 Å². The number of rotatable bonds is 3. The van der Waals surface area contributed by atoms with Crippen LogP contribution in [-0.4, -0.2) is 11.2 Å². The third-order valence-corrected chi connectivity index (χ3v) is 2.98. The van der Waals surface area contributed by atoms with Gasteiger partial charge in [-0.25, -0.2) is 0 Å². The highest BCUT2D eigenvalue weighted by atomic mass is 16.3. The molecule has 0 spiro atoms. The Balaban J connectivity index is 2.12. The van der Waals surface area contributed by atoms with Gasteiger partial charge >= 0.3 is 0 Å². The average Bonchev–Trinajstić information content (AvgIpc) is 2.36. The van der Waals surface area contributed by atoms with Crippen molar-refractivity contribution in [3.05, 3.63) is 0 Å². The number of aliphatic hydroxyl groups excluding tert-OH is 1. The highest BCUT2D eigenvalue weighted by Crippen LogP contribution is 2.49. The molecule has 0 heterocycles. The van der Waals surface area contributed by atoms with Gasteiger partial charge in [0.15, 0.2) is 0 Å². The van der Waals surface area contributed by atoms with Gasteiger partial charge in [-0.05, 0) is 30.1 Å². The van der Waals surface area contributed by atoms with Crippen molar-refractivity contribution in [3.8, 4) is 0 Å². The summed E-state index contributed by atoms with van der Waals surface area (Å²) in [5, 5.41) is 9.32. The van der Waals surface area contributed by atoms with Crippen molar-refractivity contribution in [2.75, 3.05) is 0 Å². The van der Waals surface area contributed by atoms with E-state index in [1.807, 2.05) is 0 Å². The van der Waals surface area contributed by atoms with Crippen molar-refractivity contribution in [2.45, 2.75) is 59.5 Å². The molecule has 1 heteroatoms. The van der Waals surface area contributed by atoms with E-state index in [4.69, 9.17) is 0 Å². The van der Waals surface area contributed by atoms with Gasteiger partial charge in [0, 0.05) is 0 Å². The van der Waals surface area contributed by atoms with Gasteiger partial charge < -0.3 is 5.11 Å². The van der Waals surface area contributed by atoms with Gasteiger partial charge in [-0.2, -0.15) is 0 Å². The molecule has 0 amide bonds. The van der Waals surface area contributed by atoms with Crippen molar-refractivity contribution < 1.29 is 5.11 Å². The van der Waals surface area contributed by atoms with Crippen molar-refractivity contribution >= 4 is 0 Å². The fourth-order valence-corrected chi connectivity index (χ4v) is 1.67. The van der Waals surface area contributed by atoms with E-state index < -0.39 is 0 Å². The summed E-state index contributed by atoms with van der Waals surface area (Å²) in [6.45, 7) is 9.02. The molecule has 0 aromatic rings. The van der Waals surface area contributed by atoms with Crippen LogP contribution in [0.25, 0.3) is 0 Å². The quantitative estimate of drug-likeness (QED) is 0.690. The van der Waals surface area contributed by atoms with E-state index in [1.165, 1.54) is 19.3 Å². The Morgan fingerprint density at radius 2 is 1.92 bits per heavy atom. The normalized spacial score (nSPS) is 35.2. The Kier molecular flexibility index (Phi) is 2.53. The van der Waals surface area contributed by atoms with Gasteiger partial charge in [-0.3, -0.25) is 0 Å². The molecular formula is C11H22O. The van der Waals surface area contributed by atoms with Gasteiger partial charge in [-0.1, -0.05) is 34.1 Å². The minimum atomic E-state index is -0.00234. The SMILES string of the molecule is CC(C)(C)CCCC1(C)CC1O. The smallest absolute Gasteiger partial charge is 0.0600 e. The van der Waals surface area contributed by atoms with E-state index in [0.717, 1.165) is 6.42 Å². The molecule has 0 aromatic carbocycles. The van der Waals surface area contributed by atoms with Gasteiger partial charge in [0.05, 0.1) is 6.10 Å². The van der Waals surface area contributed by atoms with Crippen LogP contribution in [0.5, 0.6) is 0 Å². The first-order valence-electron chi connectivity index (χ1n) is 5.02. The maximum atomic E-state index is 9.32. The lowest BCUT2D eigenvalue weighted by Gasteiger charge is -2.19. The molecule has 2 atom stereocenters. The summed E-state index contributed by atoms with van der Waals surface area (Å²) >= 11 is 0. The Hall–Kier alpha value is -0.0400. The van der Waals surface area contributed by atoms with Crippen molar-refractivity contribution in [1.82, 2.24) is 0 Å². The summed E-state index contributed by atoms with van der Waals surface area (Å²) in [7, 11) is 0. The number of aliphatic hydroxyl groups is 1. The number of hydrogen-bond acceptors (Lipinski definition) is 1. The fourth-order valence-electron chi connectivity index (χ4n) is 1.67. The molecule has 1 nitrogen and oxygen atoms in total. The van der Waals surface area contributed by atoms with E-state index in [0.29, 0.717) is 5.41 Å². The highest BCUT2D eigenvalue weighted by molar-refractivity contribution is 4.98. The van der Waals surface area contributed by atoms with Gasteiger partial charge in [-0.15, -0.1) is 0 Å². The van der Waals surface area contributed by atoms with Gasteiger partial charge in [0.25, 0.3) is 0 Å². The monoisotopic (exact) mass is 170 g/mol. The molecule has 0 radical (unpaired) electrons. The largest absolute Gasteiger partial charge is 0.393 e. The predicted molar refractivity (Wildman–Crippen MR) is 52.0 cm³/mol. The fraction of sp³-hybridized carbons (Fsp3) is 1.00. The molecule has 1 rings (SSSR count). The zero-order valence-electron chi connectivity index (χ0n) is 8.85. The molecule has 0 aromatic heterocycles. The van der Waals surface area contributed by atoms with Crippen LogP contribution < -0.4 is 0 Å². The third kappa shape index (κ3) is 2.78. The summed E-state index contributed by atoms with van der Waals surface area (Å²) in [6.07, 6.45) is 4.76. The standard InChI is InChI=1S/C11H22O/c1-10(2,3)6-5-7-11(4)8-9(11)12/h9,12H,5-8H2,1-4H3. The second kappa shape index (κ2) is 3.02. The summed E-state index contributed by atoms with van der Waals surface area (Å²) in [5.74, 6) is 0. The lowest BCUT2D eigenvalue weighted by Crippen LogP contribution is -2.07. The molecular weight excluding hydrogens is 148 g/mol. The third-order valence-electron chi connectivity index (χ3n) is 2.98. The van der Waals surface area contributed by atoms with Crippen LogP contribution in [0.3, 0.4) is 0 Å². The van der Waals surface area contributed by atoms with E-state index >= 15 is 0 Å². The average molecular weight is 170 g/mol. The lowest BCUT2D eigenvalue weighted by molar-refractivity contribution is 0.214. The minimum absolute atomic E-state index is 0.00234. The van der Waals surface area contributed by atoms with Crippen molar-refractivity contribution in [1.29, 1.82) is 0 Å². The van der Waals surface area contributed by atoms with E-state index in [-0.39, 0.29) is 11.5 Å². The second-order valence-corrected chi connectivity index (χ2v) is 5.79. The van der Waals surface area contributed by atoms with Crippen LogP contribution in [0.2, 0.25) is 0 Å². The zero-order valence-corrected chi connectivity index (χ0v) is 8.85. The molecule has 1 N–H and O–H groups in total. The Labute approximate surface area is 76.2 Å². The number of hydrogen-bond donors (Lipinski definition) is 1. The zero-order chi connectivity index (χ0) is 9.41. The highest BCUT2D eigenvalue weighted by Gasteiger charge is 2.48. The molecule has 1 saturated carbocycles.